The van der Waals surface area contributed by atoms with E-state index < -0.39 is 10.0 Å². The van der Waals surface area contributed by atoms with Crippen LogP contribution in [0.25, 0.3) is 0 Å². The first-order chi connectivity index (χ1) is 13.9. The molecule has 0 bridgehead atoms. The van der Waals surface area contributed by atoms with E-state index in [1.807, 2.05) is 0 Å². The Morgan fingerprint density at radius 2 is 1.90 bits per heavy atom. The molecule has 0 fully saturated rings. The molecule has 2 N–H and O–H groups in total. The summed E-state index contributed by atoms with van der Waals surface area (Å²) < 4.78 is 27.7. The molecule has 0 aromatic heterocycles. The van der Waals surface area contributed by atoms with Crippen molar-refractivity contribution in [2.75, 3.05) is 29.9 Å². The van der Waals surface area contributed by atoms with Crippen molar-refractivity contribution in [1.29, 1.82) is 0 Å². The molecule has 1 heterocycles. The lowest BCUT2D eigenvalue weighted by atomic mass is 9.98. The van der Waals surface area contributed by atoms with Crippen molar-refractivity contribution in [3.63, 3.8) is 0 Å². The molecule has 0 spiro atoms. The summed E-state index contributed by atoms with van der Waals surface area (Å²) in [5, 5.41) is 2.63. The Hall–Kier alpha value is -2.38. The summed E-state index contributed by atoms with van der Waals surface area (Å²) in [6.45, 7) is 6.14. The van der Waals surface area contributed by atoms with Gasteiger partial charge in [-0.3, -0.25) is 4.79 Å². The smallest absolute Gasteiger partial charge is 0.240 e. The number of anilines is 2. The molecule has 0 aliphatic carbocycles. The lowest BCUT2D eigenvalue weighted by molar-refractivity contribution is -0.114. The van der Waals surface area contributed by atoms with Crippen LogP contribution in [0.1, 0.15) is 37.8 Å². The standard InChI is InChI=1S/C22H29N3O3S/c1-3-14-25-15-4-5-19-16-18(6-11-22(19)25)12-13-23-29(27,28)21-9-7-20(8-10-21)24-17(2)26/h6-11,16,23H,3-5,12-15H2,1-2H3,(H,24,26). The summed E-state index contributed by atoms with van der Waals surface area (Å²) in [4.78, 5) is 13.7. The van der Waals surface area contributed by atoms with Crippen molar-refractivity contribution < 1.29 is 13.2 Å². The number of hydrogen-bond donors (Lipinski definition) is 2. The van der Waals surface area contributed by atoms with E-state index in [2.05, 4.69) is 40.1 Å². The van der Waals surface area contributed by atoms with E-state index in [0.717, 1.165) is 37.9 Å². The summed E-state index contributed by atoms with van der Waals surface area (Å²) in [6, 6.07) is 12.7. The van der Waals surface area contributed by atoms with E-state index in [-0.39, 0.29) is 10.8 Å². The third-order valence-corrected chi connectivity index (χ3v) is 6.52. The molecule has 7 heteroatoms. The number of carbonyl (C=O) groups is 1. The maximum Gasteiger partial charge on any atom is 0.240 e. The fraction of sp³-hybridized carbons (Fsp3) is 0.409. The molecule has 1 aliphatic rings. The van der Waals surface area contributed by atoms with Gasteiger partial charge < -0.3 is 10.2 Å². The van der Waals surface area contributed by atoms with Gasteiger partial charge in [0.15, 0.2) is 0 Å². The van der Waals surface area contributed by atoms with Crippen molar-refractivity contribution in [1.82, 2.24) is 4.72 Å². The fourth-order valence-electron chi connectivity index (χ4n) is 3.72. The molecule has 6 nitrogen and oxygen atoms in total. The first-order valence-electron chi connectivity index (χ1n) is 10.1. The second kappa shape index (κ2) is 9.41. The third kappa shape index (κ3) is 5.58. The zero-order chi connectivity index (χ0) is 20.9. The molecule has 1 amide bonds. The zero-order valence-corrected chi connectivity index (χ0v) is 17.9. The van der Waals surface area contributed by atoms with Crippen LogP contribution in [0.4, 0.5) is 11.4 Å². The number of hydrogen-bond acceptors (Lipinski definition) is 4. The van der Waals surface area contributed by atoms with Gasteiger partial charge in [0.25, 0.3) is 0 Å². The van der Waals surface area contributed by atoms with Crippen molar-refractivity contribution in [3.05, 3.63) is 53.6 Å². The third-order valence-electron chi connectivity index (χ3n) is 5.04. The minimum absolute atomic E-state index is 0.187. The van der Waals surface area contributed by atoms with Gasteiger partial charge >= 0.3 is 0 Å². The number of sulfonamides is 1. The number of rotatable bonds is 8. The van der Waals surface area contributed by atoms with E-state index in [4.69, 9.17) is 0 Å². The van der Waals surface area contributed by atoms with E-state index in [1.54, 1.807) is 12.1 Å². The molecule has 0 saturated carbocycles. The molecule has 0 unspecified atom stereocenters. The highest BCUT2D eigenvalue weighted by Crippen LogP contribution is 2.28. The zero-order valence-electron chi connectivity index (χ0n) is 17.1. The van der Waals surface area contributed by atoms with Gasteiger partial charge in [0.2, 0.25) is 15.9 Å². The highest BCUT2D eigenvalue weighted by Gasteiger charge is 2.17. The molecular formula is C22H29N3O3S. The second-order valence-corrected chi connectivity index (χ2v) is 9.17. The number of amides is 1. The number of benzene rings is 2. The second-order valence-electron chi connectivity index (χ2n) is 7.41. The molecule has 1 aliphatic heterocycles. The van der Waals surface area contributed by atoms with Crippen LogP contribution in [0.15, 0.2) is 47.4 Å². The van der Waals surface area contributed by atoms with Crippen molar-refractivity contribution in [3.8, 4) is 0 Å². The van der Waals surface area contributed by atoms with Crippen LogP contribution >= 0.6 is 0 Å². The maximum atomic E-state index is 12.5. The van der Waals surface area contributed by atoms with E-state index >= 15 is 0 Å². The van der Waals surface area contributed by atoms with E-state index in [1.165, 1.54) is 30.3 Å². The van der Waals surface area contributed by atoms with Crippen LogP contribution in [-0.4, -0.2) is 34.0 Å². The Bertz CT molecular complexity index is 956. The number of aryl methyl sites for hydroxylation is 1. The molecule has 29 heavy (non-hydrogen) atoms. The van der Waals surface area contributed by atoms with E-state index in [0.29, 0.717) is 18.7 Å². The lowest BCUT2D eigenvalue weighted by Gasteiger charge is -2.31. The quantitative estimate of drug-likeness (QED) is 0.693. The van der Waals surface area contributed by atoms with Crippen LogP contribution in [-0.2, 0) is 27.7 Å². The SMILES string of the molecule is CCCN1CCCc2cc(CCNS(=O)(=O)c3ccc(NC(C)=O)cc3)ccc21. The summed E-state index contributed by atoms with van der Waals surface area (Å²) in [5.74, 6) is -0.193. The fourth-order valence-corrected chi connectivity index (χ4v) is 4.75. The average Bonchev–Trinajstić information content (AvgIpc) is 2.68. The predicted molar refractivity (Wildman–Crippen MR) is 117 cm³/mol. The Balaban J connectivity index is 1.60. The van der Waals surface area contributed by atoms with E-state index in [9.17, 15) is 13.2 Å². The van der Waals surface area contributed by atoms with Gasteiger partial charge in [-0.25, -0.2) is 13.1 Å². The van der Waals surface area contributed by atoms with Crippen LogP contribution in [0, 0.1) is 0 Å². The van der Waals surface area contributed by atoms with Crippen LogP contribution < -0.4 is 14.9 Å². The monoisotopic (exact) mass is 415 g/mol. The summed E-state index contributed by atoms with van der Waals surface area (Å²) in [6.07, 6.45) is 4.02. The molecule has 2 aromatic carbocycles. The Labute approximate surface area is 173 Å². The number of nitrogens with zero attached hydrogens (tertiary/aromatic N) is 1. The van der Waals surface area contributed by atoms with Crippen LogP contribution in [0.5, 0.6) is 0 Å². The molecule has 156 valence electrons. The summed E-state index contributed by atoms with van der Waals surface area (Å²) in [5.41, 5.74) is 4.40. The molecular weight excluding hydrogens is 386 g/mol. The predicted octanol–water partition coefficient (Wildman–Crippen LogP) is 3.33. The first kappa shape index (κ1) is 21.3. The largest absolute Gasteiger partial charge is 0.371 e. The number of nitrogens with one attached hydrogen (secondary N) is 2. The van der Waals surface area contributed by atoms with Crippen LogP contribution in [0.3, 0.4) is 0 Å². The summed E-state index contributed by atoms with van der Waals surface area (Å²) in [7, 11) is -3.58. The Kier molecular flexibility index (Phi) is 6.92. The van der Waals surface area contributed by atoms with Crippen molar-refractivity contribution in [2.45, 2.75) is 44.4 Å². The number of fused-ring (bicyclic) bond motifs is 1. The minimum Gasteiger partial charge on any atom is -0.371 e. The first-order valence-corrected chi connectivity index (χ1v) is 11.6. The molecule has 0 atom stereocenters. The van der Waals surface area contributed by atoms with Gasteiger partial charge in [0, 0.05) is 37.9 Å². The average molecular weight is 416 g/mol. The van der Waals surface area contributed by atoms with Crippen molar-refractivity contribution >= 4 is 27.3 Å². The van der Waals surface area contributed by atoms with Gasteiger partial charge in [-0.05, 0) is 67.1 Å². The van der Waals surface area contributed by atoms with Crippen LogP contribution in [0.2, 0.25) is 0 Å². The summed E-state index contributed by atoms with van der Waals surface area (Å²) >= 11 is 0. The van der Waals surface area contributed by atoms with Crippen molar-refractivity contribution in [2.24, 2.45) is 0 Å². The molecule has 0 radical (unpaired) electrons. The molecule has 2 aromatic rings. The van der Waals surface area contributed by atoms with Gasteiger partial charge in [-0.2, -0.15) is 0 Å². The highest BCUT2D eigenvalue weighted by molar-refractivity contribution is 7.89. The Morgan fingerprint density at radius 3 is 2.59 bits per heavy atom. The van der Waals surface area contributed by atoms with Gasteiger partial charge in [0.05, 0.1) is 4.90 Å². The molecule has 0 saturated heterocycles. The highest BCUT2D eigenvalue weighted by atomic mass is 32.2. The topological polar surface area (TPSA) is 78.5 Å². The Morgan fingerprint density at radius 1 is 1.14 bits per heavy atom. The van der Waals surface area contributed by atoms with Gasteiger partial charge in [-0.1, -0.05) is 19.1 Å². The van der Waals surface area contributed by atoms with Gasteiger partial charge in [-0.15, -0.1) is 0 Å². The minimum atomic E-state index is -3.58. The molecule has 3 rings (SSSR count). The van der Waals surface area contributed by atoms with Gasteiger partial charge in [0.1, 0.15) is 0 Å². The lowest BCUT2D eigenvalue weighted by Crippen LogP contribution is -2.30. The number of carbonyl (C=O) groups excluding carboxylic acids is 1. The maximum absolute atomic E-state index is 12.5. The normalized spacial score (nSPS) is 13.8.